The van der Waals surface area contributed by atoms with E-state index in [0.717, 1.165) is 27.4 Å². The number of hydrogen-bond donors (Lipinski definition) is 1. The Kier molecular flexibility index (Phi) is 5.45. The molecule has 1 aliphatic heterocycles. The summed E-state index contributed by atoms with van der Waals surface area (Å²) in [5, 5.41) is 0.261. The highest BCUT2D eigenvalue weighted by Crippen LogP contribution is 2.32. The topological polar surface area (TPSA) is 73.9 Å². The van der Waals surface area contributed by atoms with Crippen LogP contribution in [0.15, 0.2) is 56.8 Å². The van der Waals surface area contributed by atoms with Gasteiger partial charge in [-0.15, -0.1) is 0 Å². The summed E-state index contributed by atoms with van der Waals surface area (Å²) < 4.78 is 12.3. The number of methoxy groups -OCH3 is 1. The molecule has 2 N–H and O–H groups in total. The second-order valence-electron chi connectivity index (χ2n) is 5.19. The zero-order chi connectivity index (χ0) is 17.8. The number of rotatable bonds is 5. The van der Waals surface area contributed by atoms with E-state index in [9.17, 15) is 4.79 Å². The van der Waals surface area contributed by atoms with Crippen molar-refractivity contribution in [2.75, 3.05) is 7.11 Å². The van der Waals surface area contributed by atoms with Crippen molar-refractivity contribution in [2.45, 2.75) is 6.61 Å². The molecule has 7 heteroatoms. The third-order valence-electron chi connectivity index (χ3n) is 3.43. The molecule has 0 saturated heterocycles. The van der Waals surface area contributed by atoms with E-state index in [-0.39, 0.29) is 11.1 Å². The van der Waals surface area contributed by atoms with Gasteiger partial charge in [0.05, 0.1) is 12.0 Å². The molecular weight excluding hydrogens is 404 g/mol. The van der Waals surface area contributed by atoms with Gasteiger partial charge in [-0.1, -0.05) is 34.1 Å². The number of amidine groups is 1. The second-order valence-corrected chi connectivity index (χ2v) is 7.17. The maximum Gasteiger partial charge on any atom is 0.286 e. The fourth-order valence-corrected chi connectivity index (χ4v) is 3.16. The lowest BCUT2D eigenvalue weighted by molar-refractivity contribution is -0.113. The molecule has 1 heterocycles. The molecule has 1 amide bonds. The lowest BCUT2D eigenvalue weighted by Gasteiger charge is -2.12. The van der Waals surface area contributed by atoms with E-state index < -0.39 is 0 Å². The monoisotopic (exact) mass is 418 g/mol. The second kappa shape index (κ2) is 7.76. The average Bonchev–Trinajstić information content (AvgIpc) is 2.92. The van der Waals surface area contributed by atoms with Crippen molar-refractivity contribution in [3.8, 4) is 11.5 Å². The van der Waals surface area contributed by atoms with Crippen LogP contribution < -0.4 is 15.2 Å². The minimum absolute atomic E-state index is 0.261. The van der Waals surface area contributed by atoms with Gasteiger partial charge < -0.3 is 15.2 Å². The van der Waals surface area contributed by atoms with Crippen LogP contribution in [0.2, 0.25) is 0 Å². The number of ether oxygens (including phenoxy) is 2. The van der Waals surface area contributed by atoms with Gasteiger partial charge in [0.2, 0.25) is 0 Å². The molecule has 0 unspecified atom stereocenters. The molecular formula is C18H15BrN2O3S. The molecule has 2 aromatic rings. The minimum Gasteiger partial charge on any atom is -0.493 e. The molecule has 0 aromatic heterocycles. The molecule has 3 rings (SSSR count). The summed E-state index contributed by atoms with van der Waals surface area (Å²) in [5.74, 6) is 0.903. The van der Waals surface area contributed by atoms with Crippen molar-refractivity contribution >= 4 is 44.8 Å². The summed E-state index contributed by atoms with van der Waals surface area (Å²) in [5.41, 5.74) is 7.42. The number of amides is 1. The van der Waals surface area contributed by atoms with Crippen LogP contribution in [0.1, 0.15) is 11.1 Å². The highest BCUT2D eigenvalue weighted by Gasteiger charge is 2.19. The number of hydrogen-bond acceptors (Lipinski definition) is 5. The van der Waals surface area contributed by atoms with Crippen LogP contribution in [-0.2, 0) is 11.4 Å². The van der Waals surface area contributed by atoms with Crippen LogP contribution >= 0.6 is 27.7 Å². The van der Waals surface area contributed by atoms with Gasteiger partial charge in [-0.2, -0.15) is 4.99 Å². The third kappa shape index (κ3) is 4.43. The number of nitrogens with two attached hydrogens (primary N) is 1. The van der Waals surface area contributed by atoms with Crippen molar-refractivity contribution in [1.82, 2.24) is 0 Å². The smallest absolute Gasteiger partial charge is 0.286 e. The summed E-state index contributed by atoms with van der Waals surface area (Å²) in [6.07, 6.45) is 1.74. The summed E-state index contributed by atoms with van der Waals surface area (Å²) in [4.78, 5) is 15.9. The molecule has 0 aliphatic carbocycles. The van der Waals surface area contributed by atoms with E-state index in [4.69, 9.17) is 15.2 Å². The van der Waals surface area contributed by atoms with Gasteiger partial charge in [0, 0.05) is 4.47 Å². The summed E-state index contributed by atoms with van der Waals surface area (Å²) in [6, 6.07) is 13.4. The van der Waals surface area contributed by atoms with Gasteiger partial charge in [0.15, 0.2) is 16.7 Å². The van der Waals surface area contributed by atoms with E-state index in [0.29, 0.717) is 23.0 Å². The first-order valence-corrected chi connectivity index (χ1v) is 8.99. The first-order valence-electron chi connectivity index (χ1n) is 7.38. The number of nitrogens with zero attached hydrogens (tertiary/aromatic N) is 1. The zero-order valence-electron chi connectivity index (χ0n) is 13.4. The maximum atomic E-state index is 11.7. The van der Waals surface area contributed by atoms with Crippen LogP contribution in [0.3, 0.4) is 0 Å². The van der Waals surface area contributed by atoms with Gasteiger partial charge in [-0.3, -0.25) is 4.79 Å². The van der Waals surface area contributed by atoms with Crippen LogP contribution in [0, 0.1) is 0 Å². The van der Waals surface area contributed by atoms with Gasteiger partial charge >= 0.3 is 0 Å². The number of carbonyl (C=O) groups excluding carboxylic acids is 1. The quantitative estimate of drug-likeness (QED) is 0.743. The Balaban J connectivity index is 1.79. The molecule has 0 bridgehead atoms. The first kappa shape index (κ1) is 17.6. The summed E-state index contributed by atoms with van der Waals surface area (Å²) in [6.45, 7) is 0.410. The number of thioether (sulfide) groups is 1. The number of halogens is 1. The van der Waals surface area contributed by atoms with Crippen molar-refractivity contribution in [1.29, 1.82) is 0 Å². The Hall–Kier alpha value is -2.25. The van der Waals surface area contributed by atoms with Gasteiger partial charge in [0.1, 0.15) is 6.61 Å². The Bertz CT molecular complexity index is 863. The van der Waals surface area contributed by atoms with E-state index in [1.54, 1.807) is 19.3 Å². The zero-order valence-corrected chi connectivity index (χ0v) is 15.8. The Morgan fingerprint density at radius 1 is 1.20 bits per heavy atom. The fraction of sp³-hybridized carbons (Fsp3) is 0.111. The molecule has 0 fully saturated rings. The van der Waals surface area contributed by atoms with Crippen LogP contribution in [-0.4, -0.2) is 18.2 Å². The SMILES string of the molecule is COc1ccc(/C=C2\SC(N)=NC2=O)cc1OCc1ccc(Br)cc1. The molecule has 0 atom stereocenters. The van der Waals surface area contributed by atoms with E-state index >= 15 is 0 Å². The largest absolute Gasteiger partial charge is 0.493 e. The van der Waals surface area contributed by atoms with Crippen LogP contribution in [0.4, 0.5) is 0 Å². The van der Waals surface area contributed by atoms with Gasteiger partial charge in [-0.05, 0) is 53.2 Å². The molecule has 0 spiro atoms. The minimum atomic E-state index is -0.323. The Morgan fingerprint density at radius 3 is 2.60 bits per heavy atom. The maximum absolute atomic E-state index is 11.7. The van der Waals surface area contributed by atoms with Crippen LogP contribution in [0.25, 0.3) is 6.08 Å². The van der Waals surface area contributed by atoms with Crippen molar-refractivity contribution in [3.63, 3.8) is 0 Å². The lowest BCUT2D eigenvalue weighted by atomic mass is 10.2. The van der Waals surface area contributed by atoms with Crippen molar-refractivity contribution in [3.05, 3.63) is 63.0 Å². The molecule has 0 saturated carbocycles. The predicted octanol–water partition coefficient (Wildman–Crippen LogP) is 3.97. The van der Waals surface area contributed by atoms with Crippen LogP contribution in [0.5, 0.6) is 11.5 Å². The molecule has 2 aromatic carbocycles. The number of benzene rings is 2. The van der Waals surface area contributed by atoms with Gasteiger partial charge in [-0.25, -0.2) is 0 Å². The normalized spacial score (nSPS) is 15.4. The summed E-state index contributed by atoms with van der Waals surface area (Å²) >= 11 is 4.57. The predicted molar refractivity (Wildman–Crippen MR) is 104 cm³/mol. The Morgan fingerprint density at radius 2 is 1.96 bits per heavy atom. The number of aliphatic imine (C=N–C) groups is 1. The highest BCUT2D eigenvalue weighted by atomic mass is 79.9. The lowest BCUT2D eigenvalue weighted by Crippen LogP contribution is -2.01. The first-order chi connectivity index (χ1) is 12.0. The van der Waals surface area contributed by atoms with E-state index in [2.05, 4.69) is 20.9 Å². The van der Waals surface area contributed by atoms with Crippen molar-refractivity contribution in [2.24, 2.45) is 10.7 Å². The fourth-order valence-electron chi connectivity index (χ4n) is 2.21. The van der Waals surface area contributed by atoms with Gasteiger partial charge in [0.25, 0.3) is 5.91 Å². The molecule has 0 radical (unpaired) electrons. The molecule has 1 aliphatic rings. The average molecular weight is 419 g/mol. The molecule has 25 heavy (non-hydrogen) atoms. The molecule has 128 valence electrons. The highest BCUT2D eigenvalue weighted by molar-refractivity contribution is 9.10. The molecule has 5 nitrogen and oxygen atoms in total. The van der Waals surface area contributed by atoms with E-state index in [1.807, 2.05) is 36.4 Å². The standard InChI is InChI=1S/C18H15BrN2O3S/c1-23-14-7-4-12(9-16-17(22)21-18(20)25-16)8-15(14)24-10-11-2-5-13(19)6-3-11/h2-9H,10H2,1H3,(H2,20,21,22)/b16-9-. The van der Waals surface area contributed by atoms with E-state index in [1.165, 1.54) is 0 Å². The van der Waals surface area contributed by atoms with Crippen molar-refractivity contribution < 1.29 is 14.3 Å². The summed E-state index contributed by atoms with van der Waals surface area (Å²) in [7, 11) is 1.59. The number of carbonyl (C=O) groups is 1. The Labute approximate surface area is 158 Å². The third-order valence-corrected chi connectivity index (χ3v) is 4.77.